The molecule has 1 aliphatic heterocycles. The highest BCUT2D eigenvalue weighted by Gasteiger charge is 2.34. The summed E-state index contributed by atoms with van der Waals surface area (Å²) in [7, 11) is 0. The first-order chi connectivity index (χ1) is 10.1. The van der Waals surface area contributed by atoms with Crippen LogP contribution in [0.4, 0.5) is 10.1 Å². The maximum atomic E-state index is 12.9. The average molecular weight is 282 g/mol. The van der Waals surface area contributed by atoms with Crippen molar-refractivity contribution in [3.05, 3.63) is 71.6 Å². The van der Waals surface area contributed by atoms with Crippen LogP contribution in [0.2, 0.25) is 0 Å². The topological polar surface area (TPSA) is 49.4 Å². The number of anilines is 1. The predicted octanol–water partition coefficient (Wildman–Crippen LogP) is 2.29. The van der Waals surface area contributed by atoms with E-state index >= 15 is 0 Å². The van der Waals surface area contributed by atoms with Crippen molar-refractivity contribution in [1.29, 1.82) is 0 Å². The van der Waals surface area contributed by atoms with E-state index in [2.05, 4.69) is 5.43 Å². The first-order valence-electron chi connectivity index (χ1n) is 6.33. The Morgan fingerprint density at radius 1 is 0.952 bits per heavy atom. The smallest absolute Gasteiger partial charge is 0.267 e. The number of halogens is 1. The summed E-state index contributed by atoms with van der Waals surface area (Å²) >= 11 is 0. The molecule has 21 heavy (non-hydrogen) atoms. The number of amides is 2. The highest BCUT2D eigenvalue weighted by atomic mass is 19.1. The van der Waals surface area contributed by atoms with Crippen LogP contribution in [0, 0.1) is 5.82 Å². The van der Waals surface area contributed by atoms with E-state index in [1.54, 1.807) is 12.1 Å². The zero-order chi connectivity index (χ0) is 14.8. The molecule has 1 aliphatic rings. The van der Waals surface area contributed by atoms with Crippen LogP contribution in [0.15, 0.2) is 60.2 Å². The largest absolute Gasteiger partial charge is 0.282 e. The van der Waals surface area contributed by atoms with Gasteiger partial charge in [-0.3, -0.25) is 15.0 Å². The van der Waals surface area contributed by atoms with Gasteiger partial charge in [0.15, 0.2) is 0 Å². The summed E-state index contributed by atoms with van der Waals surface area (Å²) in [5.74, 6) is -1.35. The van der Waals surface area contributed by atoms with Crippen LogP contribution < -0.4 is 10.4 Å². The minimum absolute atomic E-state index is 0.0468. The van der Waals surface area contributed by atoms with Crippen molar-refractivity contribution < 1.29 is 14.0 Å². The fraction of sp³-hybridized carbons (Fsp3) is 0. The lowest BCUT2D eigenvalue weighted by molar-refractivity contribution is -0.117. The van der Waals surface area contributed by atoms with Gasteiger partial charge >= 0.3 is 0 Å². The van der Waals surface area contributed by atoms with Crippen LogP contribution in [0.3, 0.4) is 0 Å². The van der Waals surface area contributed by atoms with Gasteiger partial charge in [0.1, 0.15) is 11.4 Å². The average Bonchev–Trinajstić information content (AvgIpc) is 2.77. The summed E-state index contributed by atoms with van der Waals surface area (Å²) in [6, 6.07) is 14.4. The van der Waals surface area contributed by atoms with Gasteiger partial charge in [-0.2, -0.15) is 0 Å². The molecule has 1 heterocycles. The van der Waals surface area contributed by atoms with Gasteiger partial charge in [-0.05, 0) is 35.9 Å². The quantitative estimate of drug-likeness (QED) is 0.678. The second-order valence-corrected chi connectivity index (χ2v) is 4.53. The van der Waals surface area contributed by atoms with Crippen LogP contribution in [-0.2, 0) is 9.59 Å². The summed E-state index contributed by atoms with van der Waals surface area (Å²) in [5, 5.41) is 1.11. The molecule has 0 aromatic heterocycles. The Morgan fingerprint density at radius 3 is 2.29 bits per heavy atom. The van der Waals surface area contributed by atoms with E-state index in [-0.39, 0.29) is 5.57 Å². The highest BCUT2D eigenvalue weighted by molar-refractivity contribution is 6.31. The minimum Gasteiger partial charge on any atom is -0.267 e. The molecule has 0 bridgehead atoms. The second-order valence-electron chi connectivity index (χ2n) is 4.53. The maximum Gasteiger partial charge on any atom is 0.282 e. The van der Waals surface area contributed by atoms with E-state index < -0.39 is 17.6 Å². The predicted molar refractivity (Wildman–Crippen MR) is 76.4 cm³/mol. The SMILES string of the molecule is O=C1NN(c2ccc(F)cc2)C(=O)C1=Cc1ccccc1. The Labute approximate surface area is 120 Å². The molecule has 2 amide bonds. The van der Waals surface area contributed by atoms with Crippen molar-refractivity contribution in [3.8, 4) is 0 Å². The maximum absolute atomic E-state index is 12.9. The number of benzene rings is 2. The van der Waals surface area contributed by atoms with Crippen LogP contribution in [0.1, 0.15) is 5.56 Å². The van der Waals surface area contributed by atoms with Gasteiger partial charge in [-0.25, -0.2) is 9.40 Å². The van der Waals surface area contributed by atoms with Crippen molar-refractivity contribution >= 4 is 23.6 Å². The van der Waals surface area contributed by atoms with Crippen molar-refractivity contribution in [3.63, 3.8) is 0 Å². The Balaban J connectivity index is 1.92. The molecule has 1 saturated heterocycles. The zero-order valence-corrected chi connectivity index (χ0v) is 10.9. The number of nitrogens with zero attached hydrogens (tertiary/aromatic N) is 1. The summed E-state index contributed by atoms with van der Waals surface area (Å²) in [4.78, 5) is 24.2. The minimum atomic E-state index is -0.479. The number of carbonyl (C=O) groups is 2. The third-order valence-corrected chi connectivity index (χ3v) is 3.09. The number of nitrogens with one attached hydrogen (secondary N) is 1. The molecule has 4 nitrogen and oxygen atoms in total. The molecule has 1 fully saturated rings. The Hall–Kier alpha value is -2.95. The van der Waals surface area contributed by atoms with Crippen LogP contribution >= 0.6 is 0 Å². The lowest BCUT2D eigenvalue weighted by Crippen LogP contribution is -2.35. The van der Waals surface area contributed by atoms with E-state index in [4.69, 9.17) is 0 Å². The molecule has 104 valence electrons. The third kappa shape index (κ3) is 2.53. The normalized spacial score (nSPS) is 16.4. The van der Waals surface area contributed by atoms with Gasteiger partial charge in [-0.1, -0.05) is 30.3 Å². The number of rotatable bonds is 2. The first kappa shape index (κ1) is 13.1. The zero-order valence-electron chi connectivity index (χ0n) is 10.9. The first-order valence-corrected chi connectivity index (χ1v) is 6.33. The molecule has 2 aromatic rings. The Morgan fingerprint density at radius 2 is 1.62 bits per heavy atom. The van der Waals surface area contributed by atoms with E-state index in [1.165, 1.54) is 30.3 Å². The third-order valence-electron chi connectivity index (χ3n) is 3.09. The van der Waals surface area contributed by atoms with Crippen LogP contribution in [0.5, 0.6) is 0 Å². The van der Waals surface area contributed by atoms with Gasteiger partial charge in [0.05, 0.1) is 5.69 Å². The monoisotopic (exact) mass is 282 g/mol. The fourth-order valence-electron chi connectivity index (χ4n) is 2.05. The van der Waals surface area contributed by atoms with E-state index in [1.807, 2.05) is 18.2 Å². The molecule has 0 radical (unpaired) electrons. The molecule has 0 aliphatic carbocycles. The summed E-state index contributed by atoms with van der Waals surface area (Å²) in [5.41, 5.74) is 3.68. The van der Waals surface area contributed by atoms with E-state index in [9.17, 15) is 14.0 Å². The fourth-order valence-corrected chi connectivity index (χ4v) is 2.05. The van der Waals surface area contributed by atoms with E-state index in [0.29, 0.717) is 5.69 Å². The van der Waals surface area contributed by atoms with E-state index in [0.717, 1.165) is 10.6 Å². The molecule has 1 N–H and O–H groups in total. The second kappa shape index (κ2) is 5.20. The number of hydrazine groups is 1. The highest BCUT2D eigenvalue weighted by Crippen LogP contribution is 2.21. The standard InChI is InChI=1S/C16H11FN2O2/c17-12-6-8-13(9-7-12)19-16(21)14(15(20)18-19)10-11-4-2-1-3-5-11/h1-10H,(H,18,20). The molecule has 5 heteroatoms. The lowest BCUT2D eigenvalue weighted by Gasteiger charge is -2.14. The number of carbonyl (C=O) groups excluding carboxylic acids is 2. The van der Waals surface area contributed by atoms with Gasteiger partial charge < -0.3 is 0 Å². The molecule has 0 atom stereocenters. The van der Waals surface area contributed by atoms with Crippen LogP contribution in [-0.4, -0.2) is 11.8 Å². The van der Waals surface area contributed by atoms with Crippen molar-refractivity contribution in [2.45, 2.75) is 0 Å². The van der Waals surface area contributed by atoms with Crippen molar-refractivity contribution in [1.82, 2.24) is 5.43 Å². The Kier molecular flexibility index (Phi) is 3.23. The van der Waals surface area contributed by atoms with Crippen molar-refractivity contribution in [2.24, 2.45) is 0 Å². The molecular weight excluding hydrogens is 271 g/mol. The molecular formula is C16H11FN2O2. The van der Waals surface area contributed by atoms with Gasteiger partial charge in [0, 0.05) is 0 Å². The molecule has 0 unspecified atom stereocenters. The summed E-state index contributed by atoms with van der Waals surface area (Å²) in [6.07, 6.45) is 1.53. The summed E-state index contributed by atoms with van der Waals surface area (Å²) < 4.78 is 12.9. The Bertz CT molecular complexity index is 724. The molecule has 0 spiro atoms. The molecule has 3 rings (SSSR count). The van der Waals surface area contributed by atoms with Gasteiger partial charge in [-0.15, -0.1) is 0 Å². The van der Waals surface area contributed by atoms with Crippen molar-refractivity contribution in [2.75, 3.05) is 5.01 Å². The van der Waals surface area contributed by atoms with Gasteiger partial charge in [0.25, 0.3) is 11.8 Å². The number of hydrogen-bond donors (Lipinski definition) is 1. The molecule has 0 saturated carbocycles. The van der Waals surface area contributed by atoms with Crippen LogP contribution in [0.25, 0.3) is 6.08 Å². The molecule has 2 aromatic carbocycles. The number of hydrogen-bond acceptors (Lipinski definition) is 2. The van der Waals surface area contributed by atoms with Gasteiger partial charge in [0.2, 0.25) is 0 Å². The lowest BCUT2D eigenvalue weighted by atomic mass is 10.1. The summed E-state index contributed by atoms with van der Waals surface area (Å²) in [6.45, 7) is 0.